The van der Waals surface area contributed by atoms with Gasteiger partial charge in [-0.1, -0.05) is 105 Å². The molecule has 3 N–H and O–H groups in total. The van der Waals surface area contributed by atoms with E-state index in [1.807, 2.05) is 36.4 Å². The van der Waals surface area contributed by atoms with Crippen molar-refractivity contribution in [3.63, 3.8) is 0 Å². The summed E-state index contributed by atoms with van der Waals surface area (Å²) >= 11 is 0. The van der Waals surface area contributed by atoms with Gasteiger partial charge in [-0.2, -0.15) is 0 Å². The number of hydrogen-bond acceptors (Lipinski definition) is 3. The molecular formula is C41H52O3. The molecule has 3 nitrogen and oxygen atoms in total. The Hall–Kier alpha value is -3.72. The number of aromatic hydroxyl groups is 3. The second-order valence-electron chi connectivity index (χ2n) is 15.8. The van der Waals surface area contributed by atoms with Crippen LogP contribution in [0.15, 0.2) is 60.7 Å². The molecule has 4 aromatic rings. The van der Waals surface area contributed by atoms with Crippen molar-refractivity contribution in [3.8, 4) is 17.2 Å². The van der Waals surface area contributed by atoms with Crippen molar-refractivity contribution in [2.45, 2.75) is 112 Å². The van der Waals surface area contributed by atoms with E-state index in [0.29, 0.717) is 17.2 Å². The molecule has 0 unspecified atom stereocenters. The molecule has 0 saturated carbocycles. The van der Waals surface area contributed by atoms with Crippen LogP contribution in [-0.2, 0) is 35.5 Å². The number of benzene rings is 4. The largest absolute Gasteiger partial charge is 0.508 e. The zero-order valence-corrected chi connectivity index (χ0v) is 28.7. The van der Waals surface area contributed by atoms with Crippen LogP contribution in [0, 0.1) is 13.8 Å². The summed E-state index contributed by atoms with van der Waals surface area (Å²) in [6.45, 7) is 23.6. The second kappa shape index (κ2) is 12.0. The van der Waals surface area contributed by atoms with Gasteiger partial charge in [0.25, 0.3) is 0 Å². The van der Waals surface area contributed by atoms with E-state index in [1.165, 1.54) is 44.5 Å². The maximum absolute atomic E-state index is 10.6. The zero-order chi connectivity index (χ0) is 32.8. The summed E-state index contributed by atoms with van der Waals surface area (Å²) in [7, 11) is 0. The molecule has 4 aromatic carbocycles. The Bertz CT molecular complexity index is 1580. The molecular weight excluding hydrogens is 540 g/mol. The second-order valence-corrected chi connectivity index (χ2v) is 15.8. The molecule has 0 heterocycles. The van der Waals surface area contributed by atoms with E-state index < -0.39 is 0 Å². The molecule has 234 valence electrons. The molecule has 3 heteroatoms. The molecule has 0 saturated heterocycles. The number of phenols is 3. The van der Waals surface area contributed by atoms with Gasteiger partial charge in [0.05, 0.1) is 0 Å². The van der Waals surface area contributed by atoms with Gasteiger partial charge in [-0.3, -0.25) is 0 Å². The van der Waals surface area contributed by atoms with Gasteiger partial charge >= 0.3 is 0 Å². The Morgan fingerprint density at radius 2 is 0.727 bits per heavy atom. The lowest BCUT2D eigenvalue weighted by molar-refractivity contribution is 0.445. The summed E-state index contributed by atoms with van der Waals surface area (Å²) in [6, 6.07) is 20.4. The van der Waals surface area contributed by atoms with Gasteiger partial charge in [0.2, 0.25) is 0 Å². The van der Waals surface area contributed by atoms with Crippen LogP contribution in [0.2, 0.25) is 0 Å². The fraction of sp³-hybridized carbons (Fsp3) is 0.415. The zero-order valence-electron chi connectivity index (χ0n) is 28.7. The van der Waals surface area contributed by atoms with Crippen molar-refractivity contribution in [3.05, 3.63) is 122 Å². The highest BCUT2D eigenvalue weighted by Gasteiger charge is 2.23. The van der Waals surface area contributed by atoms with Crippen LogP contribution in [0.4, 0.5) is 0 Å². The normalized spacial score (nSPS) is 12.5. The van der Waals surface area contributed by atoms with Crippen molar-refractivity contribution < 1.29 is 15.3 Å². The topological polar surface area (TPSA) is 60.7 Å². The van der Waals surface area contributed by atoms with Crippen LogP contribution in [0.1, 0.15) is 124 Å². The monoisotopic (exact) mass is 592 g/mol. The first-order chi connectivity index (χ1) is 20.3. The lowest BCUT2D eigenvalue weighted by Gasteiger charge is -2.24. The molecule has 0 atom stereocenters. The predicted molar refractivity (Wildman–Crippen MR) is 185 cm³/mol. The van der Waals surface area contributed by atoms with Crippen LogP contribution in [-0.4, -0.2) is 15.3 Å². The van der Waals surface area contributed by atoms with Gasteiger partial charge in [-0.15, -0.1) is 0 Å². The molecule has 0 fully saturated rings. The molecule has 0 aliphatic carbocycles. The van der Waals surface area contributed by atoms with Gasteiger partial charge in [-0.25, -0.2) is 0 Å². The molecule has 0 spiro atoms. The van der Waals surface area contributed by atoms with E-state index in [2.05, 4.69) is 100 Å². The minimum atomic E-state index is -0.162. The van der Waals surface area contributed by atoms with Crippen molar-refractivity contribution >= 4 is 0 Å². The molecule has 0 aromatic heterocycles. The first kappa shape index (κ1) is 33.2. The molecule has 0 bridgehead atoms. The summed E-state index contributed by atoms with van der Waals surface area (Å²) < 4.78 is 0. The standard InChI is InChI=1S/C41H52O3/c1-25-30(18-27-12-15-36(42)33(21-27)39(3,4)5)24-31(19-28-13-16-37(43)34(22-28)40(6,7)8)26(2)32(25)20-29-14-17-38(44)35(23-29)41(9,10)11/h12-17,21-24,42-44H,18-20H2,1-11H3. The van der Waals surface area contributed by atoms with Crippen LogP contribution >= 0.6 is 0 Å². The number of hydrogen-bond donors (Lipinski definition) is 3. The Labute approximate surface area is 265 Å². The molecule has 0 aliphatic heterocycles. The molecule has 44 heavy (non-hydrogen) atoms. The third-order valence-electron chi connectivity index (χ3n) is 8.99. The minimum absolute atomic E-state index is 0.161. The maximum Gasteiger partial charge on any atom is 0.119 e. The van der Waals surface area contributed by atoms with Gasteiger partial charge in [0.1, 0.15) is 17.2 Å². The highest BCUT2D eigenvalue weighted by molar-refractivity contribution is 5.53. The van der Waals surface area contributed by atoms with Crippen LogP contribution < -0.4 is 0 Å². The number of phenolic OH excluding ortho intramolecular Hbond substituents is 3. The fourth-order valence-corrected chi connectivity index (χ4v) is 6.25. The van der Waals surface area contributed by atoms with E-state index in [0.717, 1.165) is 36.0 Å². The molecule has 0 amide bonds. The minimum Gasteiger partial charge on any atom is -0.508 e. The predicted octanol–water partition coefficient (Wildman–Crippen LogP) is 10.1. The highest BCUT2D eigenvalue weighted by atomic mass is 16.3. The van der Waals surface area contributed by atoms with E-state index in [4.69, 9.17) is 0 Å². The first-order valence-electron chi connectivity index (χ1n) is 15.8. The number of rotatable bonds is 6. The molecule has 0 aliphatic rings. The Balaban J connectivity index is 1.85. The third kappa shape index (κ3) is 7.32. The average molecular weight is 593 g/mol. The summed E-state index contributed by atoms with van der Waals surface area (Å²) in [5, 5.41) is 31.8. The van der Waals surface area contributed by atoms with Gasteiger partial charge < -0.3 is 15.3 Å². The Kier molecular flexibility index (Phi) is 9.04. The van der Waals surface area contributed by atoms with Crippen molar-refractivity contribution in [2.24, 2.45) is 0 Å². The van der Waals surface area contributed by atoms with Crippen molar-refractivity contribution in [1.29, 1.82) is 0 Å². The van der Waals surface area contributed by atoms with Gasteiger partial charge in [0.15, 0.2) is 0 Å². The summed E-state index contributed by atoms with van der Waals surface area (Å²) in [5.74, 6) is 1.02. The summed E-state index contributed by atoms with van der Waals surface area (Å²) in [4.78, 5) is 0. The van der Waals surface area contributed by atoms with E-state index >= 15 is 0 Å². The maximum atomic E-state index is 10.6. The average Bonchev–Trinajstić information content (AvgIpc) is 2.90. The van der Waals surface area contributed by atoms with Crippen molar-refractivity contribution in [2.75, 3.05) is 0 Å². The lowest BCUT2D eigenvalue weighted by Crippen LogP contribution is -2.13. The first-order valence-corrected chi connectivity index (χ1v) is 15.8. The Morgan fingerprint density at radius 1 is 0.432 bits per heavy atom. The van der Waals surface area contributed by atoms with E-state index in [-0.39, 0.29) is 16.2 Å². The van der Waals surface area contributed by atoms with Crippen LogP contribution in [0.5, 0.6) is 17.2 Å². The highest BCUT2D eigenvalue weighted by Crippen LogP contribution is 2.36. The summed E-state index contributed by atoms with van der Waals surface area (Å²) in [5.41, 5.74) is 12.3. The molecule has 4 rings (SSSR count). The summed E-state index contributed by atoms with van der Waals surface area (Å²) in [6.07, 6.45) is 2.30. The SMILES string of the molecule is Cc1c(Cc2ccc(O)c(C(C)(C)C)c2)cc(Cc2ccc(O)c(C(C)(C)C)c2)c(C)c1Cc1ccc(O)c(C(C)(C)C)c1. The fourth-order valence-electron chi connectivity index (χ4n) is 6.25. The van der Waals surface area contributed by atoms with E-state index in [9.17, 15) is 15.3 Å². The quantitative estimate of drug-likeness (QED) is 0.209. The van der Waals surface area contributed by atoms with Crippen LogP contribution in [0.3, 0.4) is 0 Å². The van der Waals surface area contributed by atoms with Gasteiger partial charge in [0, 0.05) is 0 Å². The van der Waals surface area contributed by atoms with Crippen LogP contribution in [0.25, 0.3) is 0 Å². The van der Waals surface area contributed by atoms with Crippen molar-refractivity contribution in [1.82, 2.24) is 0 Å². The Morgan fingerprint density at radius 3 is 1.02 bits per heavy atom. The third-order valence-corrected chi connectivity index (χ3v) is 8.99. The smallest absolute Gasteiger partial charge is 0.119 e. The van der Waals surface area contributed by atoms with Gasteiger partial charge in [-0.05, 0) is 129 Å². The lowest BCUT2D eigenvalue weighted by atomic mass is 9.81. The molecule has 0 radical (unpaired) electrons. The van der Waals surface area contributed by atoms with E-state index in [1.54, 1.807) is 0 Å².